The summed E-state index contributed by atoms with van der Waals surface area (Å²) in [5.41, 5.74) is 0.230. The molecule has 10 heteroatoms. The zero-order valence-corrected chi connectivity index (χ0v) is 31.8. The maximum atomic E-state index is 14.7. The molecule has 0 spiro atoms. The minimum absolute atomic E-state index is 0.106. The maximum absolute atomic E-state index is 14.7. The van der Waals surface area contributed by atoms with E-state index >= 15 is 0 Å². The van der Waals surface area contributed by atoms with Crippen molar-refractivity contribution >= 4 is 11.9 Å². The first-order chi connectivity index (χ1) is 26.6. The van der Waals surface area contributed by atoms with E-state index < -0.39 is 65.0 Å². The summed E-state index contributed by atoms with van der Waals surface area (Å²) in [6.07, 6.45) is -5.83. The lowest BCUT2D eigenvalue weighted by atomic mass is 9.66. The van der Waals surface area contributed by atoms with Crippen LogP contribution < -0.4 is 4.74 Å². The van der Waals surface area contributed by atoms with E-state index in [0.717, 1.165) is 22.3 Å². The molecule has 55 heavy (non-hydrogen) atoms. The van der Waals surface area contributed by atoms with Crippen molar-refractivity contribution in [2.24, 2.45) is 10.8 Å². The highest BCUT2D eigenvalue weighted by molar-refractivity contribution is 5.93. The number of rotatable bonds is 15. The maximum Gasteiger partial charge on any atom is 0.351 e. The average molecular weight is 751 g/mol. The molecule has 7 rings (SSSR count). The summed E-state index contributed by atoms with van der Waals surface area (Å²) >= 11 is 0. The number of esters is 2. The van der Waals surface area contributed by atoms with Crippen molar-refractivity contribution in [2.45, 2.75) is 102 Å². The van der Waals surface area contributed by atoms with Gasteiger partial charge in [-0.05, 0) is 54.2 Å². The van der Waals surface area contributed by atoms with Crippen LogP contribution in [0.5, 0.6) is 5.75 Å². The molecule has 4 aromatic rings. The highest BCUT2D eigenvalue weighted by Crippen LogP contribution is 2.66. The molecule has 0 amide bonds. The molecule has 1 heterocycles. The summed E-state index contributed by atoms with van der Waals surface area (Å²) in [4.78, 5) is 28.0. The highest BCUT2D eigenvalue weighted by atomic mass is 16.6. The molecule has 3 fully saturated rings. The summed E-state index contributed by atoms with van der Waals surface area (Å²) in [6, 6.07) is 36.3. The molecule has 1 saturated heterocycles. The lowest BCUT2D eigenvalue weighted by Gasteiger charge is -2.48. The molecule has 2 aliphatic carbocycles. The number of fused-ring (bicyclic) bond motifs is 2. The Labute approximate surface area is 322 Å². The van der Waals surface area contributed by atoms with Gasteiger partial charge in [-0.15, -0.1) is 0 Å². The minimum Gasteiger partial charge on any atom is -0.497 e. The van der Waals surface area contributed by atoms with Gasteiger partial charge >= 0.3 is 11.9 Å². The molecule has 290 valence electrons. The van der Waals surface area contributed by atoms with E-state index in [4.69, 9.17) is 33.2 Å². The van der Waals surface area contributed by atoms with Gasteiger partial charge in [0.25, 0.3) is 0 Å². The number of aliphatic hydroxyl groups is 1. The Bertz CT molecular complexity index is 1890. The zero-order chi connectivity index (χ0) is 38.6. The number of aliphatic hydroxyl groups excluding tert-OH is 1. The molecular weight excluding hydrogens is 700 g/mol. The second-order valence-electron chi connectivity index (χ2n) is 15.4. The Balaban J connectivity index is 1.28. The van der Waals surface area contributed by atoms with Crippen LogP contribution in [0.4, 0.5) is 0 Å². The highest BCUT2D eigenvalue weighted by Gasteiger charge is 2.77. The van der Waals surface area contributed by atoms with Gasteiger partial charge in [-0.25, -0.2) is 4.79 Å². The fraction of sp³-hybridized carbons (Fsp3) is 0.422. The van der Waals surface area contributed by atoms with Gasteiger partial charge in [-0.2, -0.15) is 0 Å². The van der Waals surface area contributed by atoms with E-state index in [1.165, 1.54) is 0 Å². The topological polar surface area (TPSA) is 119 Å². The van der Waals surface area contributed by atoms with E-state index in [-0.39, 0.29) is 26.4 Å². The zero-order valence-electron chi connectivity index (χ0n) is 31.8. The van der Waals surface area contributed by atoms with Crippen LogP contribution in [0.15, 0.2) is 115 Å². The summed E-state index contributed by atoms with van der Waals surface area (Å²) < 4.78 is 44.5. The van der Waals surface area contributed by atoms with E-state index in [1.54, 1.807) is 7.11 Å². The van der Waals surface area contributed by atoms with Crippen molar-refractivity contribution in [3.05, 3.63) is 138 Å². The largest absolute Gasteiger partial charge is 0.497 e. The fourth-order valence-corrected chi connectivity index (χ4v) is 8.17. The first kappa shape index (κ1) is 38.7. The predicted octanol–water partition coefficient (Wildman–Crippen LogP) is 6.74. The van der Waals surface area contributed by atoms with Crippen LogP contribution in [-0.2, 0) is 64.4 Å². The van der Waals surface area contributed by atoms with Crippen molar-refractivity contribution < 1.29 is 47.9 Å². The lowest BCUT2D eigenvalue weighted by Crippen LogP contribution is -2.68. The third kappa shape index (κ3) is 7.54. The van der Waals surface area contributed by atoms with Crippen molar-refractivity contribution in [1.29, 1.82) is 0 Å². The Hall–Kier alpha value is -4.58. The van der Waals surface area contributed by atoms with Crippen LogP contribution in [0.25, 0.3) is 0 Å². The SMILES string of the molecule is COc1ccc(CO[C@H]2[C@@H](OCc3ccccc3)[C@@H](OC(=O)[C@@]34CC[C@@](C)(C(=O)O3)C4(C)C)[C@H](OCc3ccccc3)[C@@H](O)[C@@H]2OCc2ccccc2)cc1. The monoisotopic (exact) mass is 750 g/mol. The molecular formula is C45H50O10. The number of ether oxygens (including phenoxy) is 7. The molecule has 4 aromatic carbocycles. The van der Waals surface area contributed by atoms with E-state index in [9.17, 15) is 14.7 Å². The van der Waals surface area contributed by atoms with E-state index in [1.807, 2.05) is 136 Å². The van der Waals surface area contributed by atoms with E-state index in [0.29, 0.717) is 18.6 Å². The Morgan fingerprint density at radius 2 is 1.04 bits per heavy atom. The normalized spacial score (nSPS) is 29.4. The first-order valence-electron chi connectivity index (χ1n) is 18.9. The molecule has 2 bridgehead atoms. The van der Waals surface area contributed by atoms with Crippen LogP contribution >= 0.6 is 0 Å². The van der Waals surface area contributed by atoms with Crippen LogP contribution in [0.1, 0.15) is 55.9 Å². The number of benzene rings is 4. The lowest BCUT2D eigenvalue weighted by molar-refractivity contribution is -0.281. The van der Waals surface area contributed by atoms with Crippen molar-refractivity contribution in [2.75, 3.05) is 7.11 Å². The van der Waals surface area contributed by atoms with Crippen LogP contribution in [0.3, 0.4) is 0 Å². The van der Waals surface area contributed by atoms with Gasteiger partial charge in [-0.1, -0.05) is 117 Å². The van der Waals surface area contributed by atoms with Crippen LogP contribution in [0.2, 0.25) is 0 Å². The number of carbonyl (C=O) groups excluding carboxylic acids is 2. The third-order valence-electron chi connectivity index (χ3n) is 12.1. The summed E-state index contributed by atoms with van der Waals surface area (Å²) in [5.74, 6) is -0.426. The number of hydrogen-bond donors (Lipinski definition) is 1. The van der Waals surface area contributed by atoms with Gasteiger partial charge in [-0.3, -0.25) is 4.79 Å². The smallest absolute Gasteiger partial charge is 0.351 e. The van der Waals surface area contributed by atoms with Crippen LogP contribution in [0, 0.1) is 10.8 Å². The van der Waals surface area contributed by atoms with Gasteiger partial charge in [0.15, 0.2) is 6.10 Å². The van der Waals surface area contributed by atoms with Crippen LogP contribution in [-0.4, -0.2) is 66.4 Å². The summed E-state index contributed by atoms with van der Waals surface area (Å²) in [6.45, 7) is 6.13. The predicted molar refractivity (Wildman–Crippen MR) is 202 cm³/mol. The fourth-order valence-electron chi connectivity index (χ4n) is 8.17. The molecule has 8 atom stereocenters. The molecule has 3 aliphatic rings. The molecule has 2 saturated carbocycles. The Kier molecular flexibility index (Phi) is 11.4. The van der Waals surface area contributed by atoms with Crippen molar-refractivity contribution in [3.8, 4) is 5.75 Å². The minimum atomic E-state index is -1.53. The second kappa shape index (κ2) is 16.3. The van der Waals surface area contributed by atoms with Gasteiger partial charge < -0.3 is 38.3 Å². The molecule has 10 nitrogen and oxygen atoms in total. The average Bonchev–Trinajstić information content (AvgIpc) is 3.51. The number of hydrogen-bond acceptors (Lipinski definition) is 10. The molecule has 0 aromatic heterocycles. The molecule has 1 N–H and O–H groups in total. The number of carbonyl (C=O) groups is 2. The van der Waals surface area contributed by atoms with Gasteiger partial charge in [0, 0.05) is 5.41 Å². The number of methoxy groups -OCH3 is 1. The Morgan fingerprint density at radius 3 is 1.45 bits per heavy atom. The standard InChI is InChI=1S/C45H50O10/c1-43(2)44(3)24-25-45(43,55-41(44)47)42(48)54-40-37(51-27-31-16-10-6-11-17-31)35(46)36(50-26-30-14-8-5-9-15-30)38(39(40)53-28-32-18-12-7-13-19-32)52-29-33-20-22-34(49-4)23-21-33/h5-23,35-40,46H,24-29H2,1-4H3/t35-,36-,37+,38+,39+,40-,44-,45+/m0/s1. The molecule has 0 unspecified atom stereocenters. The van der Waals surface area contributed by atoms with Gasteiger partial charge in [0.05, 0.1) is 39.0 Å². The quantitative estimate of drug-likeness (QED) is 0.131. The van der Waals surface area contributed by atoms with Crippen molar-refractivity contribution in [1.82, 2.24) is 0 Å². The molecule has 0 radical (unpaired) electrons. The summed E-state index contributed by atoms with van der Waals surface area (Å²) in [7, 11) is 1.61. The van der Waals surface area contributed by atoms with Gasteiger partial charge in [0.2, 0.25) is 5.60 Å². The Morgan fingerprint density at radius 1 is 0.618 bits per heavy atom. The summed E-state index contributed by atoms with van der Waals surface area (Å²) in [5, 5.41) is 12.4. The third-order valence-corrected chi connectivity index (χ3v) is 12.1. The van der Waals surface area contributed by atoms with Crippen molar-refractivity contribution in [3.63, 3.8) is 0 Å². The second-order valence-corrected chi connectivity index (χ2v) is 15.4. The van der Waals surface area contributed by atoms with E-state index in [2.05, 4.69) is 0 Å². The molecule has 1 aliphatic heterocycles. The van der Waals surface area contributed by atoms with Gasteiger partial charge in [0.1, 0.15) is 36.3 Å². The first-order valence-corrected chi connectivity index (χ1v) is 18.9.